The summed E-state index contributed by atoms with van der Waals surface area (Å²) in [6.45, 7) is 2.85. The molecule has 0 unspecified atom stereocenters. The molecule has 161 valence electrons. The van der Waals surface area contributed by atoms with Crippen molar-refractivity contribution in [3.8, 4) is 11.3 Å². The number of nitrogens with zero attached hydrogens (tertiary/aromatic N) is 1. The van der Waals surface area contributed by atoms with Crippen LogP contribution >= 0.6 is 0 Å². The predicted octanol–water partition coefficient (Wildman–Crippen LogP) is 7.04. The van der Waals surface area contributed by atoms with E-state index in [4.69, 9.17) is 5.11 Å². The van der Waals surface area contributed by atoms with E-state index in [-0.39, 0.29) is 31.6 Å². The Balaban J connectivity index is 0.000000318. The van der Waals surface area contributed by atoms with Crippen LogP contribution in [0, 0.1) is 6.07 Å². The number of hydrogen-bond donors (Lipinski definition) is 1. The maximum absolute atomic E-state index is 10.0. The Kier molecular flexibility index (Phi) is 7.53. The van der Waals surface area contributed by atoms with Crippen LogP contribution in [0.15, 0.2) is 96.9 Å². The van der Waals surface area contributed by atoms with Gasteiger partial charge in [-0.3, -0.25) is 4.79 Å². The Hall–Kier alpha value is -3.33. The zero-order valence-corrected chi connectivity index (χ0v) is 20.2. The average Bonchev–Trinajstić information content (AvgIpc) is 2.77. The van der Waals surface area contributed by atoms with Crippen LogP contribution in [0.5, 0.6) is 0 Å². The molecule has 0 saturated heterocycles. The van der Waals surface area contributed by atoms with Crippen molar-refractivity contribution in [3.05, 3.63) is 103 Å². The molecule has 1 N–H and O–H groups in total. The normalized spacial score (nSPS) is 11.0. The quantitative estimate of drug-likeness (QED) is 0.103. The molecule has 1 aromatic heterocycles. The molecule has 5 rings (SSSR count). The second kappa shape index (κ2) is 10.3. The molecule has 0 atom stereocenters. The molecule has 4 aromatic carbocycles. The second-order valence-electron chi connectivity index (χ2n) is 7.41. The maximum atomic E-state index is 10.0. The molecule has 0 saturated carbocycles. The smallest absolute Gasteiger partial charge is 0.155 e. The zero-order chi connectivity index (χ0) is 21.8. The van der Waals surface area contributed by atoms with Gasteiger partial charge in [0, 0.05) is 32.4 Å². The molecule has 0 bridgehead atoms. The number of aromatic nitrogens is 1. The third-order valence-electron chi connectivity index (χ3n) is 5.02. The molecule has 0 aliphatic rings. The van der Waals surface area contributed by atoms with Crippen LogP contribution in [0.4, 0.5) is 0 Å². The van der Waals surface area contributed by atoms with Crippen molar-refractivity contribution in [1.29, 1.82) is 0 Å². The second-order valence-corrected chi connectivity index (χ2v) is 7.41. The molecule has 1 heterocycles. The third-order valence-corrected chi connectivity index (χ3v) is 5.02. The molecule has 32 heavy (non-hydrogen) atoms. The van der Waals surface area contributed by atoms with Gasteiger partial charge in [-0.1, -0.05) is 66.0 Å². The molecule has 0 spiro atoms. The van der Waals surface area contributed by atoms with Gasteiger partial charge in [0.1, 0.15) is 0 Å². The van der Waals surface area contributed by atoms with Gasteiger partial charge in [0.25, 0.3) is 0 Å². The van der Waals surface area contributed by atoms with Crippen LogP contribution in [-0.4, -0.2) is 15.9 Å². The van der Waals surface area contributed by atoms with Crippen LogP contribution in [0.1, 0.15) is 13.8 Å². The molecule has 3 nitrogen and oxygen atoms in total. The van der Waals surface area contributed by atoms with Crippen LogP contribution in [0.25, 0.3) is 43.6 Å². The van der Waals surface area contributed by atoms with E-state index in [9.17, 15) is 4.79 Å². The minimum absolute atomic E-state index is 0. The summed E-state index contributed by atoms with van der Waals surface area (Å²) in [4.78, 5) is 14.7. The Bertz CT molecular complexity index is 1440. The molecular weight excluding hydrogens is 575 g/mol. The van der Waals surface area contributed by atoms with Gasteiger partial charge in [0.15, 0.2) is 5.78 Å². The number of pyridine rings is 1. The summed E-state index contributed by atoms with van der Waals surface area (Å²) in [6.07, 6.45) is 3.06. The topological polar surface area (TPSA) is 50.2 Å². The van der Waals surface area contributed by atoms with Gasteiger partial charge in [-0.05, 0) is 47.2 Å². The zero-order valence-electron chi connectivity index (χ0n) is 17.8. The first kappa shape index (κ1) is 23.3. The van der Waals surface area contributed by atoms with Crippen LogP contribution in [-0.2, 0) is 24.9 Å². The van der Waals surface area contributed by atoms with Crippen LogP contribution < -0.4 is 0 Å². The van der Waals surface area contributed by atoms with Crippen LogP contribution in [0.2, 0.25) is 0 Å². The van der Waals surface area contributed by atoms with Crippen molar-refractivity contribution in [2.24, 2.45) is 0 Å². The molecule has 0 aliphatic heterocycles. The Morgan fingerprint density at radius 3 is 2.22 bits per heavy atom. The van der Waals surface area contributed by atoms with Crippen molar-refractivity contribution < 1.29 is 30.0 Å². The minimum atomic E-state index is -0.125. The molecule has 1 radical (unpaired) electrons. The molecule has 0 fully saturated rings. The first-order chi connectivity index (χ1) is 15.0. The number of fused-ring (bicyclic) bond motifs is 4. The third kappa shape index (κ3) is 5.11. The number of rotatable bonds is 2. The number of carbonyl (C=O) groups excluding carboxylic acids is 1. The van der Waals surface area contributed by atoms with E-state index in [2.05, 4.69) is 83.8 Å². The monoisotopic (exact) mass is 597 g/mol. The van der Waals surface area contributed by atoms with Gasteiger partial charge in [-0.15, -0.1) is 29.1 Å². The average molecular weight is 597 g/mol. The molecule has 0 aliphatic carbocycles. The van der Waals surface area contributed by atoms with E-state index in [0.29, 0.717) is 0 Å². The van der Waals surface area contributed by atoms with E-state index in [1.165, 1.54) is 52.2 Å². The molecular formula is C28H22IrNO2-. The number of allylic oxidation sites excluding steroid dienone is 2. The molecule has 5 aromatic rings. The fraction of sp³-hybridized carbons (Fsp3) is 0.0714. The summed E-state index contributed by atoms with van der Waals surface area (Å²) in [5, 5.41) is 15.7. The number of benzene rings is 4. The summed E-state index contributed by atoms with van der Waals surface area (Å²) in [5.41, 5.74) is 2.03. The fourth-order valence-electron chi connectivity index (χ4n) is 3.71. The number of hydrogen-bond acceptors (Lipinski definition) is 3. The number of carbonyl (C=O) groups is 1. The van der Waals surface area contributed by atoms with E-state index in [0.717, 1.165) is 11.3 Å². The summed E-state index contributed by atoms with van der Waals surface area (Å²) >= 11 is 0. The van der Waals surface area contributed by atoms with Gasteiger partial charge in [-0.2, -0.15) is 0 Å². The van der Waals surface area contributed by atoms with Crippen molar-refractivity contribution in [1.82, 2.24) is 4.98 Å². The van der Waals surface area contributed by atoms with Crippen LogP contribution in [0.3, 0.4) is 0 Å². The van der Waals surface area contributed by atoms with Gasteiger partial charge in [0.2, 0.25) is 0 Å². The minimum Gasteiger partial charge on any atom is -0.512 e. The maximum Gasteiger partial charge on any atom is 0.155 e. The van der Waals surface area contributed by atoms with E-state index in [1.54, 1.807) is 0 Å². The predicted molar refractivity (Wildman–Crippen MR) is 128 cm³/mol. The van der Waals surface area contributed by atoms with E-state index in [1.807, 2.05) is 12.3 Å². The van der Waals surface area contributed by atoms with Crippen molar-refractivity contribution in [3.63, 3.8) is 0 Å². The summed E-state index contributed by atoms with van der Waals surface area (Å²) in [5.74, 6) is -0.0625. The molecule has 0 amide bonds. The first-order valence-electron chi connectivity index (χ1n) is 10.1. The van der Waals surface area contributed by atoms with Gasteiger partial charge < -0.3 is 10.1 Å². The number of aliphatic hydroxyl groups excluding tert-OH is 1. The largest absolute Gasteiger partial charge is 0.512 e. The van der Waals surface area contributed by atoms with Crippen molar-refractivity contribution in [2.45, 2.75) is 13.8 Å². The van der Waals surface area contributed by atoms with E-state index < -0.39 is 0 Å². The van der Waals surface area contributed by atoms with Gasteiger partial charge >= 0.3 is 0 Å². The Labute approximate surface area is 200 Å². The van der Waals surface area contributed by atoms with Crippen molar-refractivity contribution in [2.75, 3.05) is 0 Å². The summed E-state index contributed by atoms with van der Waals surface area (Å²) < 4.78 is 0. The van der Waals surface area contributed by atoms with E-state index >= 15 is 0 Å². The number of aliphatic hydroxyl groups is 1. The van der Waals surface area contributed by atoms with Gasteiger partial charge in [0.05, 0.1) is 5.76 Å². The fourth-order valence-corrected chi connectivity index (χ4v) is 3.71. The van der Waals surface area contributed by atoms with Crippen molar-refractivity contribution >= 4 is 38.1 Å². The summed E-state index contributed by atoms with van der Waals surface area (Å²) in [6, 6.07) is 30.9. The Morgan fingerprint density at radius 2 is 1.53 bits per heavy atom. The first-order valence-corrected chi connectivity index (χ1v) is 10.1. The van der Waals surface area contributed by atoms with Gasteiger partial charge in [-0.25, -0.2) is 0 Å². The SMILES string of the molecule is CC(=O)/C=C(/C)O.[Ir].[c-]1cc2ccccc2cc1-c1nccc2c1ccc1ccccc12. The molecule has 4 heteroatoms. The summed E-state index contributed by atoms with van der Waals surface area (Å²) in [7, 11) is 0. The number of ketones is 1. The Morgan fingerprint density at radius 1 is 0.844 bits per heavy atom. The standard InChI is InChI=1S/C23H14N.C5H8O2.Ir/c1-2-7-18-15-19(10-9-16(18)5-1)23-22-12-11-17-6-3-4-8-20(17)21(22)13-14-24-23;1-4(6)3-5(2)7;/h1-9,11-15H;3,6H,1-2H3;/q-1;;/b;4-3-;.